The first-order chi connectivity index (χ1) is 9.13. The fourth-order valence-corrected chi connectivity index (χ4v) is 1.67. The SMILES string of the molecule is Cc1ccc(NC(=O)COc2ccc(Br)nc2)cc1. The molecule has 1 aromatic carbocycles. The number of anilines is 1. The second-order valence-electron chi connectivity index (χ2n) is 4.02. The number of nitrogens with one attached hydrogen (secondary N) is 1. The Kier molecular flexibility index (Phi) is 4.52. The molecule has 98 valence electrons. The van der Waals surface area contributed by atoms with Gasteiger partial charge in [-0.15, -0.1) is 0 Å². The van der Waals surface area contributed by atoms with Crippen LogP contribution in [0.4, 0.5) is 5.69 Å². The normalized spacial score (nSPS) is 10.0. The monoisotopic (exact) mass is 320 g/mol. The molecule has 0 atom stereocenters. The number of hydrogen-bond donors (Lipinski definition) is 1. The molecule has 19 heavy (non-hydrogen) atoms. The molecule has 1 amide bonds. The Morgan fingerprint density at radius 1 is 1.26 bits per heavy atom. The van der Waals surface area contributed by atoms with Crippen molar-refractivity contribution >= 4 is 27.5 Å². The summed E-state index contributed by atoms with van der Waals surface area (Å²) in [4.78, 5) is 15.7. The molecule has 0 aliphatic carbocycles. The summed E-state index contributed by atoms with van der Waals surface area (Å²) in [5.74, 6) is 0.356. The van der Waals surface area contributed by atoms with Gasteiger partial charge in [-0.2, -0.15) is 0 Å². The van der Waals surface area contributed by atoms with Crippen LogP contribution >= 0.6 is 15.9 Å². The molecule has 0 saturated carbocycles. The Morgan fingerprint density at radius 2 is 2.00 bits per heavy atom. The number of pyridine rings is 1. The fraction of sp³-hybridized carbons (Fsp3) is 0.143. The summed E-state index contributed by atoms with van der Waals surface area (Å²) in [5.41, 5.74) is 1.91. The lowest BCUT2D eigenvalue weighted by Gasteiger charge is -2.07. The molecule has 0 bridgehead atoms. The average molecular weight is 321 g/mol. The van der Waals surface area contributed by atoms with Crippen molar-refractivity contribution < 1.29 is 9.53 Å². The lowest BCUT2D eigenvalue weighted by molar-refractivity contribution is -0.118. The van der Waals surface area contributed by atoms with Gasteiger partial charge in [-0.25, -0.2) is 4.98 Å². The molecule has 1 N–H and O–H groups in total. The van der Waals surface area contributed by atoms with Gasteiger partial charge in [0.15, 0.2) is 6.61 Å². The van der Waals surface area contributed by atoms with Crippen LogP contribution in [0, 0.1) is 6.92 Å². The highest BCUT2D eigenvalue weighted by Gasteiger charge is 2.03. The number of halogens is 1. The Balaban J connectivity index is 1.84. The first-order valence-corrected chi connectivity index (χ1v) is 6.53. The Labute approximate surface area is 119 Å². The maximum Gasteiger partial charge on any atom is 0.262 e. The second kappa shape index (κ2) is 6.33. The van der Waals surface area contributed by atoms with E-state index in [1.165, 1.54) is 0 Å². The molecule has 0 spiro atoms. The lowest BCUT2D eigenvalue weighted by atomic mass is 10.2. The van der Waals surface area contributed by atoms with E-state index in [-0.39, 0.29) is 12.5 Å². The zero-order valence-electron chi connectivity index (χ0n) is 10.4. The molecular weight excluding hydrogens is 308 g/mol. The quantitative estimate of drug-likeness (QED) is 0.880. The minimum atomic E-state index is -0.202. The Bertz CT molecular complexity index is 553. The molecule has 2 aromatic rings. The molecule has 5 heteroatoms. The van der Waals surface area contributed by atoms with E-state index in [1.54, 1.807) is 18.3 Å². The number of aromatic nitrogens is 1. The van der Waals surface area contributed by atoms with Crippen LogP contribution in [0.1, 0.15) is 5.56 Å². The van der Waals surface area contributed by atoms with Gasteiger partial charge in [-0.3, -0.25) is 4.79 Å². The van der Waals surface area contributed by atoms with Gasteiger partial charge < -0.3 is 10.1 Å². The van der Waals surface area contributed by atoms with Gasteiger partial charge in [0.1, 0.15) is 10.4 Å². The van der Waals surface area contributed by atoms with E-state index in [2.05, 4.69) is 26.2 Å². The molecule has 0 unspecified atom stereocenters. The Morgan fingerprint density at radius 3 is 2.63 bits per heavy atom. The van der Waals surface area contributed by atoms with Crippen LogP contribution in [0.25, 0.3) is 0 Å². The summed E-state index contributed by atoms with van der Waals surface area (Å²) in [6.07, 6.45) is 1.56. The van der Waals surface area contributed by atoms with Crippen LogP contribution < -0.4 is 10.1 Å². The van der Waals surface area contributed by atoms with Crippen LogP contribution in [0.5, 0.6) is 5.75 Å². The zero-order valence-corrected chi connectivity index (χ0v) is 12.0. The van der Waals surface area contributed by atoms with Crippen molar-refractivity contribution in [2.24, 2.45) is 0 Å². The predicted octanol–water partition coefficient (Wildman–Crippen LogP) is 3.17. The van der Waals surface area contributed by atoms with Gasteiger partial charge in [-0.1, -0.05) is 17.7 Å². The molecule has 0 saturated heterocycles. The largest absolute Gasteiger partial charge is 0.482 e. The molecular formula is C14H13BrN2O2. The molecule has 1 heterocycles. The first kappa shape index (κ1) is 13.5. The first-order valence-electron chi connectivity index (χ1n) is 5.74. The van der Waals surface area contributed by atoms with Crippen molar-refractivity contribution in [2.75, 3.05) is 11.9 Å². The van der Waals surface area contributed by atoms with Crippen molar-refractivity contribution in [1.29, 1.82) is 0 Å². The number of carbonyl (C=O) groups is 1. The van der Waals surface area contributed by atoms with Gasteiger partial charge in [-0.05, 0) is 47.1 Å². The molecule has 0 aliphatic rings. The van der Waals surface area contributed by atoms with Crippen LogP contribution in [0.2, 0.25) is 0 Å². The number of amides is 1. The standard InChI is InChI=1S/C14H13BrN2O2/c1-10-2-4-11(5-3-10)17-14(18)9-19-12-6-7-13(15)16-8-12/h2-8H,9H2,1H3,(H,17,18). The van der Waals surface area contributed by atoms with Gasteiger partial charge in [0.2, 0.25) is 0 Å². The van der Waals surface area contributed by atoms with E-state index in [1.807, 2.05) is 31.2 Å². The summed E-state index contributed by atoms with van der Waals surface area (Å²) >= 11 is 3.23. The average Bonchev–Trinajstić information content (AvgIpc) is 2.41. The number of benzene rings is 1. The zero-order chi connectivity index (χ0) is 13.7. The maximum absolute atomic E-state index is 11.7. The maximum atomic E-state index is 11.7. The number of carbonyl (C=O) groups excluding carboxylic acids is 1. The van der Waals surface area contributed by atoms with Crippen molar-refractivity contribution in [3.63, 3.8) is 0 Å². The van der Waals surface area contributed by atoms with E-state index >= 15 is 0 Å². The lowest BCUT2D eigenvalue weighted by Crippen LogP contribution is -2.20. The molecule has 2 rings (SSSR count). The predicted molar refractivity (Wildman–Crippen MR) is 77.2 cm³/mol. The van der Waals surface area contributed by atoms with E-state index in [0.29, 0.717) is 5.75 Å². The highest BCUT2D eigenvalue weighted by atomic mass is 79.9. The summed E-state index contributed by atoms with van der Waals surface area (Å²) in [7, 11) is 0. The van der Waals surface area contributed by atoms with Crippen molar-refractivity contribution in [1.82, 2.24) is 4.98 Å². The van der Waals surface area contributed by atoms with Crippen LogP contribution in [-0.4, -0.2) is 17.5 Å². The van der Waals surface area contributed by atoms with E-state index < -0.39 is 0 Å². The third-order valence-electron chi connectivity index (χ3n) is 2.41. The second-order valence-corrected chi connectivity index (χ2v) is 4.83. The van der Waals surface area contributed by atoms with Crippen LogP contribution in [0.3, 0.4) is 0 Å². The van der Waals surface area contributed by atoms with Crippen molar-refractivity contribution in [3.8, 4) is 5.75 Å². The third kappa shape index (κ3) is 4.37. The van der Waals surface area contributed by atoms with Crippen molar-refractivity contribution in [2.45, 2.75) is 6.92 Å². The van der Waals surface area contributed by atoms with E-state index in [9.17, 15) is 4.79 Å². The number of nitrogens with zero attached hydrogens (tertiary/aromatic N) is 1. The highest BCUT2D eigenvalue weighted by Crippen LogP contribution is 2.13. The molecule has 0 aliphatic heterocycles. The summed E-state index contributed by atoms with van der Waals surface area (Å²) < 4.78 is 6.05. The fourth-order valence-electron chi connectivity index (χ4n) is 1.43. The molecule has 1 aromatic heterocycles. The number of ether oxygens (including phenoxy) is 1. The summed E-state index contributed by atoms with van der Waals surface area (Å²) in [6, 6.07) is 11.1. The minimum Gasteiger partial charge on any atom is -0.482 e. The highest BCUT2D eigenvalue weighted by molar-refractivity contribution is 9.10. The van der Waals surface area contributed by atoms with Crippen molar-refractivity contribution in [3.05, 3.63) is 52.8 Å². The minimum absolute atomic E-state index is 0.0445. The number of rotatable bonds is 4. The van der Waals surface area contributed by atoms with Gasteiger partial charge in [0.05, 0.1) is 6.20 Å². The molecule has 4 nitrogen and oxygen atoms in total. The molecule has 0 radical (unpaired) electrons. The van der Waals surface area contributed by atoms with Crippen LogP contribution in [0.15, 0.2) is 47.2 Å². The van der Waals surface area contributed by atoms with E-state index in [0.717, 1.165) is 15.9 Å². The summed E-state index contributed by atoms with van der Waals surface area (Å²) in [5, 5.41) is 2.76. The third-order valence-corrected chi connectivity index (χ3v) is 2.87. The smallest absolute Gasteiger partial charge is 0.262 e. The number of aryl methyl sites for hydroxylation is 1. The summed E-state index contributed by atoms with van der Waals surface area (Å²) in [6.45, 7) is 1.95. The van der Waals surface area contributed by atoms with Gasteiger partial charge in [0.25, 0.3) is 5.91 Å². The van der Waals surface area contributed by atoms with E-state index in [4.69, 9.17) is 4.74 Å². The topological polar surface area (TPSA) is 51.2 Å². The Hall–Kier alpha value is -1.88. The molecule has 0 fully saturated rings. The van der Waals surface area contributed by atoms with Crippen LogP contribution in [-0.2, 0) is 4.79 Å². The van der Waals surface area contributed by atoms with Gasteiger partial charge >= 0.3 is 0 Å². The van der Waals surface area contributed by atoms with Gasteiger partial charge in [0, 0.05) is 5.69 Å². The number of hydrogen-bond acceptors (Lipinski definition) is 3.